The average molecular weight is 403 g/mol. The number of carbonyl (C=O) groups excluding carboxylic acids is 3. The van der Waals surface area contributed by atoms with Crippen LogP contribution in [0, 0.1) is 0 Å². The summed E-state index contributed by atoms with van der Waals surface area (Å²) in [6, 6.07) is 22.1. The fourth-order valence-corrected chi connectivity index (χ4v) is 2.65. The fourth-order valence-electron chi connectivity index (χ4n) is 2.65. The van der Waals surface area contributed by atoms with E-state index in [-0.39, 0.29) is 18.3 Å². The van der Waals surface area contributed by atoms with Gasteiger partial charge >= 0.3 is 5.97 Å². The molecule has 0 bridgehead atoms. The Balaban J connectivity index is 1.53. The fraction of sp³-hybridized carbons (Fsp3) is 0.125. The lowest BCUT2D eigenvalue weighted by molar-refractivity contribution is -0.136. The van der Waals surface area contributed by atoms with E-state index >= 15 is 0 Å². The normalized spacial score (nSPS) is 10.2. The van der Waals surface area contributed by atoms with Crippen molar-refractivity contribution < 1.29 is 23.9 Å². The molecule has 3 aromatic rings. The standard InChI is InChI=1S/C24H21NO5/c1-2-22(26)25-19-9-6-10-21(15-19)29-16-23(27)30-20-13-11-18(12-14-20)24(28)17-7-4-3-5-8-17/h3-15H,2,16H2,1H3,(H,25,26). The van der Waals surface area contributed by atoms with Crippen molar-refractivity contribution in [3.05, 3.63) is 90.0 Å². The molecule has 30 heavy (non-hydrogen) atoms. The van der Waals surface area contributed by atoms with E-state index in [2.05, 4.69) is 5.32 Å². The van der Waals surface area contributed by atoms with E-state index in [0.717, 1.165) is 0 Å². The van der Waals surface area contributed by atoms with Crippen molar-refractivity contribution in [3.63, 3.8) is 0 Å². The van der Waals surface area contributed by atoms with Gasteiger partial charge in [0.05, 0.1) is 0 Å². The molecule has 152 valence electrons. The van der Waals surface area contributed by atoms with Crippen LogP contribution < -0.4 is 14.8 Å². The molecule has 6 heteroatoms. The molecule has 0 saturated heterocycles. The number of ether oxygens (including phenoxy) is 2. The molecule has 0 aromatic heterocycles. The Morgan fingerprint density at radius 2 is 1.50 bits per heavy atom. The van der Waals surface area contributed by atoms with E-state index in [1.54, 1.807) is 79.7 Å². The molecule has 0 spiro atoms. The molecule has 0 aliphatic rings. The lowest BCUT2D eigenvalue weighted by Crippen LogP contribution is -2.18. The number of carbonyl (C=O) groups is 3. The summed E-state index contributed by atoms with van der Waals surface area (Å²) in [4.78, 5) is 35.9. The molecule has 0 aliphatic heterocycles. The largest absolute Gasteiger partial charge is 0.482 e. The highest BCUT2D eigenvalue weighted by Gasteiger charge is 2.11. The minimum absolute atomic E-state index is 0.105. The number of hydrogen-bond donors (Lipinski definition) is 1. The molecule has 6 nitrogen and oxygen atoms in total. The van der Waals surface area contributed by atoms with E-state index in [1.807, 2.05) is 6.07 Å². The predicted molar refractivity (Wildman–Crippen MR) is 113 cm³/mol. The van der Waals surface area contributed by atoms with Crippen LogP contribution in [0.25, 0.3) is 0 Å². The topological polar surface area (TPSA) is 81.7 Å². The van der Waals surface area contributed by atoms with Crippen molar-refractivity contribution in [3.8, 4) is 11.5 Å². The van der Waals surface area contributed by atoms with Gasteiger partial charge in [0.25, 0.3) is 0 Å². The van der Waals surface area contributed by atoms with Crippen LogP contribution in [0.3, 0.4) is 0 Å². The van der Waals surface area contributed by atoms with Gasteiger partial charge in [0.15, 0.2) is 12.4 Å². The Morgan fingerprint density at radius 1 is 0.800 bits per heavy atom. The van der Waals surface area contributed by atoms with E-state index in [0.29, 0.717) is 34.7 Å². The van der Waals surface area contributed by atoms with Gasteiger partial charge in [0.2, 0.25) is 5.91 Å². The third-order valence-corrected chi connectivity index (χ3v) is 4.18. The zero-order chi connectivity index (χ0) is 21.3. The Bertz CT molecular complexity index is 1030. The van der Waals surface area contributed by atoms with Crippen molar-refractivity contribution in [1.82, 2.24) is 0 Å². The van der Waals surface area contributed by atoms with Crippen LogP contribution in [0.4, 0.5) is 5.69 Å². The van der Waals surface area contributed by atoms with Gasteiger partial charge in [-0.15, -0.1) is 0 Å². The van der Waals surface area contributed by atoms with Gasteiger partial charge in [-0.3, -0.25) is 9.59 Å². The number of benzene rings is 3. The molecule has 0 radical (unpaired) electrons. The van der Waals surface area contributed by atoms with Gasteiger partial charge in [-0.25, -0.2) is 4.79 Å². The highest BCUT2D eigenvalue weighted by Crippen LogP contribution is 2.19. The van der Waals surface area contributed by atoms with Crippen molar-refractivity contribution in [2.75, 3.05) is 11.9 Å². The second-order valence-corrected chi connectivity index (χ2v) is 6.41. The molecular weight excluding hydrogens is 382 g/mol. The second-order valence-electron chi connectivity index (χ2n) is 6.41. The molecule has 0 unspecified atom stereocenters. The van der Waals surface area contributed by atoms with Crippen molar-refractivity contribution in [2.45, 2.75) is 13.3 Å². The summed E-state index contributed by atoms with van der Waals surface area (Å²) in [6.07, 6.45) is 0.368. The summed E-state index contributed by atoms with van der Waals surface area (Å²) < 4.78 is 10.7. The Kier molecular flexibility index (Phi) is 6.95. The lowest BCUT2D eigenvalue weighted by atomic mass is 10.0. The van der Waals surface area contributed by atoms with Crippen LogP contribution >= 0.6 is 0 Å². The monoisotopic (exact) mass is 403 g/mol. The summed E-state index contributed by atoms with van der Waals surface area (Å²) in [5, 5.41) is 2.72. The van der Waals surface area contributed by atoms with Gasteiger partial charge in [-0.2, -0.15) is 0 Å². The average Bonchev–Trinajstić information content (AvgIpc) is 2.78. The smallest absolute Gasteiger partial charge is 0.349 e. The van der Waals surface area contributed by atoms with Crippen LogP contribution in [-0.4, -0.2) is 24.3 Å². The lowest BCUT2D eigenvalue weighted by Gasteiger charge is -2.09. The minimum atomic E-state index is -0.583. The maximum Gasteiger partial charge on any atom is 0.349 e. The van der Waals surface area contributed by atoms with Crippen molar-refractivity contribution >= 4 is 23.3 Å². The predicted octanol–water partition coefficient (Wildman–Crippen LogP) is 4.25. The number of hydrogen-bond acceptors (Lipinski definition) is 5. The second kappa shape index (κ2) is 10.0. The van der Waals surface area contributed by atoms with Gasteiger partial charge in [0, 0.05) is 29.3 Å². The first kappa shape index (κ1) is 20.8. The quantitative estimate of drug-likeness (QED) is 0.345. The Morgan fingerprint density at radius 3 is 2.20 bits per heavy atom. The maximum absolute atomic E-state index is 12.4. The van der Waals surface area contributed by atoms with E-state index in [4.69, 9.17) is 9.47 Å². The van der Waals surface area contributed by atoms with Gasteiger partial charge in [-0.05, 0) is 36.4 Å². The Labute approximate surface area is 174 Å². The number of ketones is 1. The minimum Gasteiger partial charge on any atom is -0.482 e. The number of rotatable bonds is 8. The third-order valence-electron chi connectivity index (χ3n) is 4.18. The molecule has 0 fully saturated rings. The summed E-state index contributed by atoms with van der Waals surface area (Å²) in [5.41, 5.74) is 1.68. The third kappa shape index (κ3) is 5.78. The molecular formula is C24H21NO5. The Hall–Kier alpha value is -3.93. The summed E-state index contributed by atoms with van der Waals surface area (Å²) >= 11 is 0. The van der Waals surface area contributed by atoms with Crippen molar-refractivity contribution in [1.29, 1.82) is 0 Å². The molecule has 1 N–H and O–H groups in total. The highest BCUT2D eigenvalue weighted by atomic mass is 16.6. The van der Waals surface area contributed by atoms with E-state index < -0.39 is 5.97 Å². The number of amides is 1. The van der Waals surface area contributed by atoms with Crippen LogP contribution in [-0.2, 0) is 9.59 Å². The van der Waals surface area contributed by atoms with Crippen LogP contribution in [0.15, 0.2) is 78.9 Å². The number of esters is 1. The van der Waals surface area contributed by atoms with E-state index in [1.165, 1.54) is 0 Å². The maximum atomic E-state index is 12.4. The van der Waals surface area contributed by atoms with Crippen molar-refractivity contribution in [2.24, 2.45) is 0 Å². The summed E-state index contributed by atoms with van der Waals surface area (Å²) in [5.74, 6) is -0.0467. The van der Waals surface area contributed by atoms with E-state index in [9.17, 15) is 14.4 Å². The zero-order valence-electron chi connectivity index (χ0n) is 16.5. The van der Waals surface area contributed by atoms with Crippen LogP contribution in [0.1, 0.15) is 29.3 Å². The number of anilines is 1. The first-order valence-electron chi connectivity index (χ1n) is 9.48. The molecule has 0 aliphatic carbocycles. The van der Waals surface area contributed by atoms with Gasteiger partial charge in [-0.1, -0.05) is 43.3 Å². The zero-order valence-corrected chi connectivity index (χ0v) is 16.5. The number of nitrogens with one attached hydrogen (secondary N) is 1. The summed E-state index contributed by atoms with van der Waals surface area (Å²) in [6.45, 7) is 1.46. The molecule has 3 rings (SSSR count). The molecule has 0 heterocycles. The first-order valence-corrected chi connectivity index (χ1v) is 9.48. The molecule has 0 atom stereocenters. The SMILES string of the molecule is CCC(=O)Nc1cccc(OCC(=O)Oc2ccc(C(=O)c3ccccc3)cc2)c1. The van der Waals surface area contributed by atoms with Crippen LogP contribution in [0.2, 0.25) is 0 Å². The van der Waals surface area contributed by atoms with Gasteiger partial charge < -0.3 is 14.8 Å². The molecule has 3 aromatic carbocycles. The van der Waals surface area contributed by atoms with Gasteiger partial charge in [0.1, 0.15) is 11.5 Å². The van der Waals surface area contributed by atoms with Crippen LogP contribution in [0.5, 0.6) is 11.5 Å². The molecule has 0 saturated carbocycles. The summed E-state index contributed by atoms with van der Waals surface area (Å²) in [7, 11) is 0. The first-order chi connectivity index (χ1) is 14.5. The molecule has 1 amide bonds. The highest BCUT2D eigenvalue weighted by molar-refractivity contribution is 6.09.